The molecule has 39 heavy (non-hydrogen) atoms. The van der Waals surface area contributed by atoms with Crippen molar-refractivity contribution >= 4 is 11.8 Å². The second-order valence-electron chi connectivity index (χ2n) is 11.9. The molecular weight excluding hydrogens is 494 g/mol. The highest BCUT2D eigenvalue weighted by molar-refractivity contribution is 5.80. The van der Waals surface area contributed by atoms with Gasteiger partial charge in [0.15, 0.2) is 0 Å². The van der Waals surface area contributed by atoms with Crippen LogP contribution in [0.2, 0.25) is 0 Å². The van der Waals surface area contributed by atoms with E-state index in [1.54, 1.807) is 14.2 Å². The summed E-state index contributed by atoms with van der Waals surface area (Å²) in [6, 6.07) is 5.98. The van der Waals surface area contributed by atoms with Gasteiger partial charge in [0.05, 0.1) is 13.2 Å². The first-order valence-electron chi connectivity index (χ1n) is 14.7. The van der Waals surface area contributed by atoms with Crippen LogP contribution in [-0.2, 0) is 27.2 Å². The third kappa shape index (κ3) is 11.1. The number of hydrogen-bond acceptors (Lipinski definition) is 6. The topological polar surface area (TPSA) is 123 Å². The molecule has 5 atom stereocenters. The van der Waals surface area contributed by atoms with Gasteiger partial charge in [-0.2, -0.15) is 0 Å². The summed E-state index contributed by atoms with van der Waals surface area (Å²) in [5.74, 6) is 1.26. The van der Waals surface area contributed by atoms with Crippen LogP contribution in [0.3, 0.4) is 0 Å². The number of amides is 2. The van der Waals surface area contributed by atoms with Gasteiger partial charge in [-0.3, -0.25) is 9.59 Å². The average molecular weight is 548 g/mol. The molecule has 0 aromatic heterocycles. The van der Waals surface area contributed by atoms with Crippen LogP contribution in [-0.4, -0.2) is 62.5 Å². The van der Waals surface area contributed by atoms with Crippen LogP contribution in [0.5, 0.6) is 5.75 Å². The van der Waals surface area contributed by atoms with E-state index in [2.05, 4.69) is 42.7 Å². The number of ether oxygens (including phenoxy) is 2. The number of benzene rings is 1. The van der Waals surface area contributed by atoms with Crippen LogP contribution in [0.1, 0.15) is 77.3 Å². The number of carbonyl (C=O) groups is 2. The number of aryl methyl sites for hydroxylation is 1. The van der Waals surface area contributed by atoms with Gasteiger partial charge in [0.25, 0.3) is 0 Å². The Morgan fingerprint density at radius 2 is 1.90 bits per heavy atom. The number of aliphatic hydroxyl groups is 1. The molecule has 0 saturated carbocycles. The SMILES string of the molecule is COCCCCc1cc(C[C@@H](C[C@H](N)[C@@H](O)C[C@H](C(=O)NC[C@@H]2CCC(=O)N2)C(C)C)C(C)C)ccc1OC. The minimum atomic E-state index is -0.775. The van der Waals surface area contributed by atoms with Crippen LogP contribution in [0.15, 0.2) is 18.2 Å². The minimum Gasteiger partial charge on any atom is -0.496 e. The van der Waals surface area contributed by atoms with Gasteiger partial charge in [-0.15, -0.1) is 0 Å². The molecule has 1 heterocycles. The van der Waals surface area contributed by atoms with Gasteiger partial charge in [0.1, 0.15) is 5.75 Å². The summed E-state index contributed by atoms with van der Waals surface area (Å²) in [6.45, 7) is 9.56. The molecular formula is C31H53N3O5. The number of aliphatic hydroxyl groups excluding tert-OH is 1. The maximum Gasteiger partial charge on any atom is 0.223 e. The third-order valence-corrected chi connectivity index (χ3v) is 8.14. The highest BCUT2D eigenvalue weighted by atomic mass is 16.5. The Bertz CT molecular complexity index is 891. The zero-order valence-corrected chi connectivity index (χ0v) is 25.0. The number of nitrogens with two attached hydrogens (primary N) is 1. The summed E-state index contributed by atoms with van der Waals surface area (Å²) in [6.07, 6.45) is 5.32. The van der Waals surface area contributed by atoms with Crippen molar-refractivity contribution in [1.29, 1.82) is 0 Å². The summed E-state index contributed by atoms with van der Waals surface area (Å²) in [5.41, 5.74) is 9.01. The van der Waals surface area contributed by atoms with Crippen molar-refractivity contribution in [3.05, 3.63) is 29.3 Å². The van der Waals surface area contributed by atoms with Crippen molar-refractivity contribution in [3.8, 4) is 5.75 Å². The van der Waals surface area contributed by atoms with Gasteiger partial charge < -0.3 is 30.9 Å². The van der Waals surface area contributed by atoms with Crippen LogP contribution in [0.25, 0.3) is 0 Å². The molecule has 8 heteroatoms. The fourth-order valence-corrected chi connectivity index (χ4v) is 5.42. The minimum absolute atomic E-state index is 0.0166. The lowest BCUT2D eigenvalue weighted by molar-refractivity contribution is -0.128. The molecule has 8 nitrogen and oxygen atoms in total. The smallest absolute Gasteiger partial charge is 0.223 e. The summed E-state index contributed by atoms with van der Waals surface area (Å²) >= 11 is 0. The standard InChI is InChI=1S/C31H53N3O5/c1-20(2)24(16-22-10-12-29(39-6)23(15-22)9-7-8-14-38-5)17-27(32)28(35)18-26(21(3)4)31(37)33-19-25-11-13-30(36)34-25/h10,12,15,20-21,24-28,35H,7-9,11,13-14,16-19,32H2,1-6H3,(H,33,37)(H,34,36)/t24-,25-,26-,27-,28-/m0/s1. The second kappa shape index (κ2) is 16.8. The van der Waals surface area contributed by atoms with Crippen LogP contribution in [0.4, 0.5) is 0 Å². The van der Waals surface area contributed by atoms with E-state index in [1.807, 2.05) is 13.8 Å². The Labute approximate surface area is 235 Å². The van der Waals surface area contributed by atoms with E-state index < -0.39 is 12.1 Å². The number of methoxy groups -OCH3 is 2. The lowest BCUT2D eigenvalue weighted by Gasteiger charge is -2.30. The summed E-state index contributed by atoms with van der Waals surface area (Å²) in [7, 11) is 3.44. The van der Waals surface area contributed by atoms with Gasteiger partial charge in [-0.25, -0.2) is 0 Å². The fourth-order valence-electron chi connectivity index (χ4n) is 5.42. The molecule has 1 aromatic rings. The highest BCUT2D eigenvalue weighted by Crippen LogP contribution is 2.28. The molecule has 0 aliphatic carbocycles. The Kier molecular flexibility index (Phi) is 14.3. The molecule has 2 amide bonds. The second-order valence-corrected chi connectivity index (χ2v) is 11.9. The normalized spacial score (nSPS) is 18.6. The molecule has 222 valence electrons. The lowest BCUT2D eigenvalue weighted by atomic mass is 9.80. The molecule has 1 fully saturated rings. The van der Waals surface area contributed by atoms with Gasteiger partial charge in [-0.05, 0) is 79.9 Å². The number of rotatable bonds is 18. The summed E-state index contributed by atoms with van der Waals surface area (Å²) < 4.78 is 10.8. The van der Waals surface area contributed by atoms with Crippen LogP contribution >= 0.6 is 0 Å². The van der Waals surface area contributed by atoms with E-state index in [0.29, 0.717) is 37.6 Å². The molecule has 0 unspecified atom stereocenters. The quantitative estimate of drug-likeness (QED) is 0.208. The Morgan fingerprint density at radius 1 is 1.15 bits per heavy atom. The average Bonchev–Trinajstić information content (AvgIpc) is 3.32. The Balaban J connectivity index is 1.97. The molecule has 0 spiro atoms. The lowest BCUT2D eigenvalue weighted by Crippen LogP contribution is -2.45. The first-order chi connectivity index (χ1) is 18.5. The largest absolute Gasteiger partial charge is 0.496 e. The monoisotopic (exact) mass is 547 g/mol. The Morgan fingerprint density at radius 3 is 2.49 bits per heavy atom. The number of nitrogens with one attached hydrogen (secondary N) is 2. The molecule has 0 radical (unpaired) electrons. The van der Waals surface area contributed by atoms with E-state index in [0.717, 1.165) is 44.5 Å². The molecule has 0 bridgehead atoms. The molecule has 1 aliphatic rings. The van der Waals surface area contributed by atoms with E-state index in [1.165, 1.54) is 11.1 Å². The van der Waals surface area contributed by atoms with Crippen LogP contribution < -0.4 is 21.1 Å². The fraction of sp³-hybridized carbons (Fsp3) is 0.742. The Hall–Kier alpha value is -2.16. The predicted molar refractivity (Wildman–Crippen MR) is 156 cm³/mol. The summed E-state index contributed by atoms with van der Waals surface area (Å²) in [4.78, 5) is 24.4. The zero-order chi connectivity index (χ0) is 28.9. The maximum absolute atomic E-state index is 13.0. The highest BCUT2D eigenvalue weighted by Gasteiger charge is 2.30. The zero-order valence-electron chi connectivity index (χ0n) is 25.0. The van der Waals surface area contributed by atoms with E-state index >= 15 is 0 Å². The maximum atomic E-state index is 13.0. The van der Waals surface area contributed by atoms with Gasteiger partial charge in [0, 0.05) is 44.7 Å². The third-order valence-electron chi connectivity index (χ3n) is 8.14. The first kappa shape index (κ1) is 33.0. The number of hydrogen-bond donors (Lipinski definition) is 4. The van der Waals surface area contributed by atoms with Crippen molar-refractivity contribution in [1.82, 2.24) is 10.6 Å². The van der Waals surface area contributed by atoms with Crippen molar-refractivity contribution in [3.63, 3.8) is 0 Å². The predicted octanol–water partition coefficient (Wildman–Crippen LogP) is 3.61. The summed E-state index contributed by atoms with van der Waals surface area (Å²) in [5, 5.41) is 16.9. The molecule has 1 saturated heterocycles. The van der Waals surface area contributed by atoms with Crippen molar-refractivity contribution in [2.45, 2.75) is 97.2 Å². The van der Waals surface area contributed by atoms with Gasteiger partial charge in [-0.1, -0.05) is 39.8 Å². The van der Waals surface area contributed by atoms with E-state index in [9.17, 15) is 14.7 Å². The molecule has 2 rings (SSSR count). The van der Waals surface area contributed by atoms with Crippen molar-refractivity contribution in [2.75, 3.05) is 27.4 Å². The number of unbranched alkanes of at least 4 members (excludes halogenated alkanes) is 1. The first-order valence-corrected chi connectivity index (χ1v) is 14.7. The molecule has 1 aromatic carbocycles. The van der Waals surface area contributed by atoms with Crippen molar-refractivity contribution < 1.29 is 24.2 Å². The van der Waals surface area contributed by atoms with E-state index in [-0.39, 0.29) is 29.7 Å². The van der Waals surface area contributed by atoms with Crippen LogP contribution in [0, 0.1) is 23.7 Å². The molecule has 1 aliphatic heterocycles. The van der Waals surface area contributed by atoms with E-state index in [4.69, 9.17) is 15.2 Å². The number of carbonyl (C=O) groups excluding carboxylic acids is 2. The van der Waals surface area contributed by atoms with Gasteiger partial charge in [0.2, 0.25) is 11.8 Å². The van der Waals surface area contributed by atoms with Crippen molar-refractivity contribution in [2.24, 2.45) is 29.4 Å². The van der Waals surface area contributed by atoms with Gasteiger partial charge >= 0.3 is 0 Å². The molecule has 5 N–H and O–H groups in total.